The first-order valence-corrected chi connectivity index (χ1v) is 14.1. The molecule has 11 heteroatoms. The summed E-state index contributed by atoms with van der Waals surface area (Å²) in [6.07, 6.45) is 5.01. The molecular weight excluding hydrogens is 526 g/mol. The van der Waals surface area contributed by atoms with Gasteiger partial charge in [0.15, 0.2) is 0 Å². The van der Waals surface area contributed by atoms with E-state index in [1.165, 1.54) is 40.7 Å². The van der Waals surface area contributed by atoms with Gasteiger partial charge in [0.25, 0.3) is 0 Å². The number of nitrogens with zero attached hydrogens (tertiary/aromatic N) is 2. The van der Waals surface area contributed by atoms with E-state index in [0.29, 0.717) is 24.8 Å². The number of nitrogens with one attached hydrogen (secondary N) is 2. The molecule has 0 spiro atoms. The van der Waals surface area contributed by atoms with Gasteiger partial charge in [-0.2, -0.15) is 4.31 Å². The molecule has 0 unspecified atom stereocenters. The Hall–Kier alpha value is -3.70. The van der Waals surface area contributed by atoms with Crippen LogP contribution in [0.25, 0.3) is 0 Å². The maximum atomic E-state index is 13.1. The molecule has 4 rings (SSSR count). The summed E-state index contributed by atoms with van der Waals surface area (Å²) in [5.41, 5.74) is 2.36. The molecule has 1 fully saturated rings. The summed E-state index contributed by atoms with van der Waals surface area (Å²) in [6.45, 7) is 2.19. The second-order valence-corrected chi connectivity index (χ2v) is 11.1. The van der Waals surface area contributed by atoms with Crippen molar-refractivity contribution >= 4 is 21.8 Å². The zero-order valence-electron chi connectivity index (χ0n) is 21.6. The largest absolute Gasteiger partial charge is 0.350 e. The molecule has 2 N–H and O–H groups in total. The predicted molar refractivity (Wildman–Crippen MR) is 148 cm³/mol. The fourth-order valence-corrected chi connectivity index (χ4v) is 5.73. The average molecular weight is 563 g/mol. The first-order valence-electron chi connectivity index (χ1n) is 12.5. The van der Waals surface area contributed by atoms with Crippen LogP contribution in [-0.4, -0.2) is 48.7 Å². The second-order valence-electron chi connectivity index (χ2n) is 9.16. The molecule has 0 saturated carbocycles. The van der Waals surface area contributed by atoms with Gasteiger partial charge < -0.3 is 10.6 Å². The summed E-state index contributed by atoms with van der Waals surface area (Å²) < 4.78 is 52.2. The number of carbonyl (C=O) groups excluding carboxylic acids is 2. The summed E-state index contributed by atoms with van der Waals surface area (Å²) in [4.78, 5) is 28.7. The quantitative estimate of drug-likeness (QED) is 0.432. The van der Waals surface area contributed by atoms with Gasteiger partial charge >= 0.3 is 0 Å². The summed E-state index contributed by atoms with van der Waals surface area (Å²) in [5, 5.41) is 5.22. The van der Waals surface area contributed by atoms with Gasteiger partial charge in [0.1, 0.15) is 17.7 Å². The van der Waals surface area contributed by atoms with Crippen molar-refractivity contribution in [3.63, 3.8) is 0 Å². The van der Waals surface area contributed by atoms with Gasteiger partial charge in [-0.25, -0.2) is 17.2 Å². The van der Waals surface area contributed by atoms with Gasteiger partial charge in [0, 0.05) is 28.3 Å². The van der Waals surface area contributed by atoms with Gasteiger partial charge in [-0.1, -0.05) is 42.3 Å². The van der Waals surface area contributed by atoms with Crippen molar-refractivity contribution in [2.24, 2.45) is 0 Å². The monoisotopic (exact) mass is 562 g/mol. The van der Waals surface area contributed by atoms with Crippen molar-refractivity contribution in [1.29, 1.82) is 0 Å². The third-order valence-electron chi connectivity index (χ3n) is 6.02. The molecular formula is C28H36F2N4O4S. The topological polar surface area (TPSA) is 108 Å². The van der Waals surface area contributed by atoms with Crippen LogP contribution in [0.2, 0.25) is 0 Å². The molecule has 0 radical (unpaired) electrons. The Morgan fingerprint density at radius 1 is 0.974 bits per heavy atom. The highest BCUT2D eigenvalue weighted by Gasteiger charge is 2.36. The van der Waals surface area contributed by atoms with E-state index in [9.17, 15) is 26.8 Å². The van der Waals surface area contributed by atoms with E-state index in [1.54, 1.807) is 30.6 Å². The van der Waals surface area contributed by atoms with Crippen LogP contribution in [-0.2, 0) is 31.9 Å². The molecule has 0 aliphatic carbocycles. The molecule has 2 heterocycles. The zero-order valence-corrected chi connectivity index (χ0v) is 22.5. The number of sulfonamides is 1. The molecule has 2 aromatic carbocycles. The summed E-state index contributed by atoms with van der Waals surface area (Å²) >= 11 is 0. The zero-order chi connectivity index (χ0) is 28.3. The molecule has 8 nitrogen and oxygen atoms in total. The molecule has 1 saturated heterocycles. The van der Waals surface area contributed by atoms with Crippen molar-refractivity contribution in [1.82, 2.24) is 19.9 Å². The average Bonchev–Trinajstić information content (AvgIpc) is 2.94. The Morgan fingerprint density at radius 3 is 2.26 bits per heavy atom. The number of aryl methyl sites for hydroxylation is 1. The van der Waals surface area contributed by atoms with Crippen molar-refractivity contribution < 1.29 is 29.6 Å². The summed E-state index contributed by atoms with van der Waals surface area (Å²) in [7, 11) is -3.79. The van der Waals surface area contributed by atoms with Crippen LogP contribution in [0.5, 0.6) is 0 Å². The van der Waals surface area contributed by atoms with E-state index < -0.39 is 27.8 Å². The lowest BCUT2D eigenvalue weighted by Crippen LogP contribution is -2.53. The molecule has 1 aliphatic rings. The number of halogens is 2. The first-order chi connectivity index (χ1) is 18.6. The lowest BCUT2D eigenvalue weighted by Gasteiger charge is -2.33. The Balaban J connectivity index is 0.000000726. The highest BCUT2D eigenvalue weighted by Crippen LogP contribution is 2.23. The van der Waals surface area contributed by atoms with Crippen molar-refractivity contribution in [2.45, 2.75) is 44.5 Å². The van der Waals surface area contributed by atoms with Crippen LogP contribution in [0.1, 0.15) is 38.8 Å². The maximum absolute atomic E-state index is 13.1. The SMILES string of the molecule is Cc1ccc(F)cc1.O=C(CNC(=O)[C@@H]1CCCCN1S(=O)(=O)Cc1ccc(F)cc1)NCc1cccnc1.[HH].[HH]. The highest BCUT2D eigenvalue weighted by atomic mass is 32.2. The molecule has 1 atom stereocenters. The number of carbonyl (C=O) groups is 2. The smallest absolute Gasteiger partial charge is 0.239 e. The van der Waals surface area contributed by atoms with E-state index >= 15 is 0 Å². The molecule has 3 aromatic rings. The Labute approximate surface area is 230 Å². The minimum Gasteiger partial charge on any atom is -0.350 e. The maximum Gasteiger partial charge on any atom is 0.239 e. The van der Waals surface area contributed by atoms with E-state index in [2.05, 4.69) is 15.6 Å². The van der Waals surface area contributed by atoms with Gasteiger partial charge in [-0.3, -0.25) is 14.6 Å². The standard InChI is InChI=1S/C21H25FN4O4S.C7H7F.2H2/c22-18-8-6-16(7-9-18)15-31(29,30)26-11-2-1-5-19(26)21(28)25-14-20(27)24-13-17-4-3-10-23-12-17;1-6-2-4-7(8)5-3-6;;/h3-4,6-10,12,19H,1-2,5,11,13-15H2,(H,24,27)(H,25,28);2-5H,1H3;2*1H/t19-;;;/m0.../s1. The second kappa shape index (κ2) is 14.5. The third-order valence-corrected chi connectivity index (χ3v) is 7.87. The van der Waals surface area contributed by atoms with Gasteiger partial charge in [0.2, 0.25) is 21.8 Å². The number of hydrogen-bond donors (Lipinski definition) is 2. The Kier molecular flexibility index (Phi) is 11.1. The van der Waals surface area contributed by atoms with E-state index in [4.69, 9.17) is 0 Å². The first kappa shape index (κ1) is 29.9. The number of amides is 2. The molecule has 1 aromatic heterocycles. The lowest BCUT2D eigenvalue weighted by molar-refractivity contribution is -0.129. The summed E-state index contributed by atoms with van der Waals surface area (Å²) in [6, 6.07) is 14.3. The lowest BCUT2D eigenvalue weighted by atomic mass is 10.0. The van der Waals surface area contributed by atoms with Crippen LogP contribution in [0, 0.1) is 18.6 Å². The Bertz CT molecular complexity index is 1310. The molecule has 39 heavy (non-hydrogen) atoms. The third kappa shape index (κ3) is 9.84. The van der Waals surface area contributed by atoms with Crippen LogP contribution in [0.4, 0.5) is 8.78 Å². The van der Waals surface area contributed by atoms with Gasteiger partial charge in [-0.05, 0) is 61.2 Å². The van der Waals surface area contributed by atoms with E-state index in [-0.39, 0.29) is 40.0 Å². The molecule has 1 aliphatic heterocycles. The van der Waals surface area contributed by atoms with Crippen molar-refractivity contribution in [2.75, 3.05) is 13.1 Å². The fourth-order valence-electron chi connectivity index (χ4n) is 3.96. The predicted octanol–water partition coefficient (Wildman–Crippen LogP) is 3.96. The molecule has 0 bridgehead atoms. The van der Waals surface area contributed by atoms with Gasteiger partial charge in [-0.15, -0.1) is 0 Å². The minimum atomic E-state index is -3.79. The number of aromatic nitrogens is 1. The van der Waals surface area contributed by atoms with Crippen molar-refractivity contribution in [3.8, 4) is 0 Å². The van der Waals surface area contributed by atoms with Crippen LogP contribution in [0.15, 0.2) is 73.1 Å². The fraction of sp³-hybridized carbons (Fsp3) is 0.321. The van der Waals surface area contributed by atoms with E-state index in [0.717, 1.165) is 11.1 Å². The van der Waals surface area contributed by atoms with Crippen molar-refractivity contribution in [3.05, 3.63) is 101 Å². The number of benzene rings is 2. The normalized spacial score (nSPS) is 15.5. The molecule has 2 amide bonds. The number of pyridine rings is 1. The van der Waals surface area contributed by atoms with Crippen LogP contribution >= 0.6 is 0 Å². The number of hydrogen-bond acceptors (Lipinski definition) is 5. The molecule has 212 valence electrons. The highest BCUT2D eigenvalue weighted by molar-refractivity contribution is 7.88. The van der Waals surface area contributed by atoms with Crippen LogP contribution in [0.3, 0.4) is 0 Å². The number of rotatable bonds is 8. The summed E-state index contributed by atoms with van der Waals surface area (Å²) in [5.74, 6) is -1.82. The van der Waals surface area contributed by atoms with E-state index in [1.807, 2.05) is 13.0 Å². The minimum absolute atomic E-state index is 0. The Morgan fingerprint density at radius 2 is 1.64 bits per heavy atom. The number of piperidine rings is 1. The van der Waals surface area contributed by atoms with Gasteiger partial charge in [0.05, 0.1) is 12.3 Å². The van der Waals surface area contributed by atoms with Crippen LogP contribution < -0.4 is 10.6 Å².